The largest absolute Gasteiger partial charge is 0.288 e. The maximum atomic E-state index is 12.2. The van der Waals surface area contributed by atoms with Crippen molar-refractivity contribution in [1.29, 1.82) is 0 Å². The second-order valence-electron chi connectivity index (χ2n) is 4.00. The van der Waals surface area contributed by atoms with Crippen molar-refractivity contribution >= 4 is 17.4 Å². The summed E-state index contributed by atoms with van der Waals surface area (Å²) in [6.07, 6.45) is 1.58. The minimum absolute atomic E-state index is 0.0949. The summed E-state index contributed by atoms with van der Waals surface area (Å²) in [5, 5.41) is 0.482. The molecule has 0 amide bonds. The summed E-state index contributed by atoms with van der Waals surface area (Å²) < 4.78 is 0. The first-order chi connectivity index (χ1) is 8.08. The van der Waals surface area contributed by atoms with Crippen LogP contribution >= 0.6 is 11.6 Å². The van der Waals surface area contributed by atoms with Crippen LogP contribution in [0.1, 0.15) is 27.2 Å². The van der Waals surface area contributed by atoms with Crippen LogP contribution in [0.2, 0.25) is 5.02 Å². The van der Waals surface area contributed by atoms with E-state index in [9.17, 15) is 4.79 Å². The molecule has 17 heavy (non-hydrogen) atoms. The molecule has 0 saturated carbocycles. The minimum atomic E-state index is -0.0949. The van der Waals surface area contributed by atoms with Gasteiger partial charge in [0.25, 0.3) is 0 Å². The summed E-state index contributed by atoms with van der Waals surface area (Å²) in [7, 11) is 0. The lowest BCUT2D eigenvalue weighted by Gasteiger charge is -2.04. The minimum Gasteiger partial charge on any atom is -0.288 e. The predicted octanol–water partition coefficient (Wildman–Crippen LogP) is 3.58. The van der Waals surface area contributed by atoms with Gasteiger partial charge in [0.1, 0.15) is 0 Å². The van der Waals surface area contributed by atoms with Crippen molar-refractivity contribution in [3.05, 3.63) is 63.9 Å². The third kappa shape index (κ3) is 2.53. The quantitative estimate of drug-likeness (QED) is 0.757. The number of aryl methyl sites for hydroxylation is 2. The first-order valence-electron chi connectivity index (χ1n) is 5.31. The number of rotatable bonds is 2. The smallest absolute Gasteiger partial charge is 0.196 e. The van der Waals surface area contributed by atoms with Crippen LogP contribution in [-0.4, -0.2) is 10.8 Å². The van der Waals surface area contributed by atoms with Gasteiger partial charge in [-0.05, 0) is 43.7 Å². The van der Waals surface area contributed by atoms with Gasteiger partial charge in [0.05, 0.1) is 5.02 Å². The van der Waals surface area contributed by atoms with Crippen molar-refractivity contribution in [1.82, 2.24) is 4.98 Å². The monoisotopic (exact) mass is 245 g/mol. The van der Waals surface area contributed by atoms with Gasteiger partial charge in [-0.1, -0.05) is 17.7 Å². The van der Waals surface area contributed by atoms with Gasteiger partial charge in [0.2, 0.25) is 0 Å². The molecule has 0 aliphatic carbocycles. The van der Waals surface area contributed by atoms with Crippen molar-refractivity contribution in [3.63, 3.8) is 0 Å². The molecule has 0 N–H and O–H groups in total. The van der Waals surface area contributed by atoms with Gasteiger partial charge in [-0.3, -0.25) is 9.78 Å². The Kier molecular flexibility index (Phi) is 3.25. The van der Waals surface area contributed by atoms with Crippen LogP contribution in [0.15, 0.2) is 36.5 Å². The van der Waals surface area contributed by atoms with Crippen LogP contribution in [0.3, 0.4) is 0 Å². The van der Waals surface area contributed by atoms with Gasteiger partial charge in [-0.15, -0.1) is 0 Å². The fourth-order valence-corrected chi connectivity index (χ4v) is 1.88. The summed E-state index contributed by atoms with van der Waals surface area (Å²) in [4.78, 5) is 16.3. The zero-order chi connectivity index (χ0) is 12.4. The van der Waals surface area contributed by atoms with Gasteiger partial charge < -0.3 is 0 Å². The summed E-state index contributed by atoms with van der Waals surface area (Å²) in [5.74, 6) is -0.0949. The van der Waals surface area contributed by atoms with Gasteiger partial charge >= 0.3 is 0 Å². The van der Waals surface area contributed by atoms with E-state index in [1.54, 1.807) is 24.4 Å². The highest BCUT2D eigenvalue weighted by atomic mass is 35.5. The van der Waals surface area contributed by atoms with Crippen molar-refractivity contribution in [2.45, 2.75) is 13.8 Å². The number of carbonyl (C=O) groups is 1. The molecule has 0 spiro atoms. The summed E-state index contributed by atoms with van der Waals surface area (Å²) >= 11 is 6.06. The zero-order valence-corrected chi connectivity index (χ0v) is 10.5. The first kappa shape index (κ1) is 11.8. The van der Waals surface area contributed by atoms with Crippen LogP contribution in [-0.2, 0) is 0 Å². The topological polar surface area (TPSA) is 30.0 Å². The standard InChI is InChI=1S/C14H12ClNO/c1-9-3-6-12(13(15)7-9)14(17)11-5-4-10(2)16-8-11/h3-8H,1-2H3. The average Bonchev–Trinajstić information content (AvgIpc) is 2.29. The Bertz CT molecular complexity index is 561. The van der Waals surface area contributed by atoms with Crippen LogP contribution in [0.25, 0.3) is 0 Å². The van der Waals surface area contributed by atoms with E-state index in [-0.39, 0.29) is 5.78 Å². The second kappa shape index (κ2) is 4.68. The number of benzene rings is 1. The van der Waals surface area contributed by atoms with E-state index in [1.807, 2.05) is 26.0 Å². The molecular formula is C14H12ClNO. The molecule has 86 valence electrons. The van der Waals surface area contributed by atoms with Crippen LogP contribution in [0, 0.1) is 13.8 Å². The Hall–Kier alpha value is -1.67. The van der Waals surface area contributed by atoms with Crippen LogP contribution < -0.4 is 0 Å². The molecule has 2 rings (SSSR count). The molecule has 0 fully saturated rings. The maximum absolute atomic E-state index is 12.2. The van der Waals surface area contributed by atoms with Gasteiger partial charge in [0, 0.05) is 23.0 Å². The zero-order valence-electron chi connectivity index (χ0n) is 9.70. The molecule has 1 aromatic heterocycles. The van der Waals surface area contributed by atoms with Crippen molar-refractivity contribution in [2.24, 2.45) is 0 Å². The van der Waals surface area contributed by atoms with Crippen molar-refractivity contribution < 1.29 is 4.79 Å². The van der Waals surface area contributed by atoms with Gasteiger partial charge in [0.15, 0.2) is 5.78 Å². The van der Waals surface area contributed by atoms with Gasteiger partial charge in [-0.2, -0.15) is 0 Å². The molecule has 2 aromatic rings. The molecule has 0 unspecified atom stereocenters. The highest BCUT2D eigenvalue weighted by Crippen LogP contribution is 2.20. The van der Waals surface area contributed by atoms with E-state index in [4.69, 9.17) is 11.6 Å². The second-order valence-corrected chi connectivity index (χ2v) is 4.41. The molecule has 0 aliphatic heterocycles. The lowest BCUT2D eigenvalue weighted by Crippen LogP contribution is -2.03. The lowest BCUT2D eigenvalue weighted by atomic mass is 10.0. The number of aromatic nitrogens is 1. The molecule has 2 nitrogen and oxygen atoms in total. The molecule has 0 aliphatic rings. The highest BCUT2D eigenvalue weighted by Gasteiger charge is 2.12. The Morgan fingerprint density at radius 1 is 1.18 bits per heavy atom. The number of pyridine rings is 1. The van der Waals surface area contributed by atoms with E-state index in [0.29, 0.717) is 16.1 Å². The number of halogens is 1. The third-order valence-corrected chi connectivity index (χ3v) is 2.86. The molecule has 0 radical (unpaired) electrons. The van der Waals surface area contributed by atoms with Crippen molar-refractivity contribution in [3.8, 4) is 0 Å². The number of hydrogen-bond donors (Lipinski definition) is 0. The number of nitrogens with zero attached hydrogens (tertiary/aromatic N) is 1. The maximum Gasteiger partial charge on any atom is 0.196 e. The predicted molar refractivity (Wildman–Crippen MR) is 68.6 cm³/mol. The van der Waals surface area contributed by atoms with E-state index >= 15 is 0 Å². The lowest BCUT2D eigenvalue weighted by molar-refractivity contribution is 0.103. The number of hydrogen-bond acceptors (Lipinski definition) is 2. The SMILES string of the molecule is Cc1ccc(C(=O)c2ccc(C)nc2)c(Cl)c1. The third-order valence-electron chi connectivity index (χ3n) is 2.54. The normalized spacial score (nSPS) is 10.3. The van der Waals surface area contributed by atoms with Crippen LogP contribution in [0.5, 0.6) is 0 Å². The van der Waals surface area contributed by atoms with E-state index in [2.05, 4.69) is 4.98 Å². The van der Waals surface area contributed by atoms with Gasteiger partial charge in [-0.25, -0.2) is 0 Å². The fourth-order valence-electron chi connectivity index (χ4n) is 1.56. The summed E-state index contributed by atoms with van der Waals surface area (Å²) in [5.41, 5.74) is 2.99. The summed E-state index contributed by atoms with van der Waals surface area (Å²) in [6, 6.07) is 8.99. The van der Waals surface area contributed by atoms with E-state index in [1.165, 1.54) is 0 Å². The molecule has 1 aromatic carbocycles. The molecular weight excluding hydrogens is 234 g/mol. The van der Waals surface area contributed by atoms with Crippen molar-refractivity contribution in [2.75, 3.05) is 0 Å². The Morgan fingerprint density at radius 2 is 1.94 bits per heavy atom. The summed E-state index contributed by atoms with van der Waals surface area (Å²) in [6.45, 7) is 3.82. The average molecular weight is 246 g/mol. The Labute approximate surface area is 105 Å². The molecule has 1 heterocycles. The fraction of sp³-hybridized carbons (Fsp3) is 0.143. The Balaban J connectivity index is 2.40. The van der Waals surface area contributed by atoms with Crippen LogP contribution in [0.4, 0.5) is 0 Å². The molecule has 0 saturated heterocycles. The molecule has 3 heteroatoms. The van der Waals surface area contributed by atoms with E-state index in [0.717, 1.165) is 11.3 Å². The number of carbonyl (C=O) groups excluding carboxylic acids is 1. The highest BCUT2D eigenvalue weighted by molar-refractivity contribution is 6.35. The molecule has 0 atom stereocenters. The number of ketones is 1. The van der Waals surface area contributed by atoms with E-state index < -0.39 is 0 Å². The molecule has 0 bridgehead atoms. The first-order valence-corrected chi connectivity index (χ1v) is 5.69. The Morgan fingerprint density at radius 3 is 2.53 bits per heavy atom.